The molecule has 0 saturated heterocycles. The van der Waals surface area contributed by atoms with Gasteiger partial charge in [0, 0.05) is 19.5 Å². The van der Waals surface area contributed by atoms with Gasteiger partial charge in [-0.2, -0.15) is 0 Å². The van der Waals surface area contributed by atoms with Gasteiger partial charge < -0.3 is 15.0 Å². The summed E-state index contributed by atoms with van der Waals surface area (Å²) >= 11 is 0. The summed E-state index contributed by atoms with van der Waals surface area (Å²) in [5.41, 5.74) is 3.05. The molecule has 1 N–H and O–H groups in total. The number of amides is 2. The number of carbonyl (C=O) groups excluding carboxylic acids is 2. The van der Waals surface area contributed by atoms with E-state index in [1.807, 2.05) is 106 Å². The van der Waals surface area contributed by atoms with Gasteiger partial charge in [-0.05, 0) is 60.4 Å². The molecular formula is C36H41N3O5S. The summed E-state index contributed by atoms with van der Waals surface area (Å²) in [6.45, 7) is 6.07. The van der Waals surface area contributed by atoms with E-state index < -0.39 is 28.5 Å². The van der Waals surface area contributed by atoms with Crippen molar-refractivity contribution in [1.82, 2.24) is 10.2 Å². The van der Waals surface area contributed by atoms with Crippen LogP contribution in [0, 0.1) is 12.8 Å². The molecular weight excluding hydrogens is 586 g/mol. The number of sulfonamides is 1. The third-order valence-electron chi connectivity index (χ3n) is 7.17. The van der Waals surface area contributed by atoms with E-state index in [9.17, 15) is 18.0 Å². The molecule has 0 aromatic heterocycles. The fourth-order valence-electron chi connectivity index (χ4n) is 4.90. The molecule has 9 heteroatoms. The van der Waals surface area contributed by atoms with Gasteiger partial charge in [0.25, 0.3) is 0 Å². The first-order chi connectivity index (χ1) is 21.5. The lowest BCUT2D eigenvalue weighted by Gasteiger charge is -2.33. The number of para-hydroxylation sites is 1. The van der Waals surface area contributed by atoms with Crippen LogP contribution in [0.4, 0.5) is 5.69 Å². The number of aryl methyl sites for hydroxylation is 1. The fraction of sp³-hybridized carbons (Fsp3) is 0.278. The van der Waals surface area contributed by atoms with E-state index in [2.05, 4.69) is 5.32 Å². The van der Waals surface area contributed by atoms with Crippen molar-refractivity contribution in [2.75, 3.05) is 23.7 Å². The van der Waals surface area contributed by atoms with Gasteiger partial charge in [0.2, 0.25) is 21.8 Å². The van der Waals surface area contributed by atoms with Crippen molar-refractivity contribution in [3.05, 3.63) is 126 Å². The van der Waals surface area contributed by atoms with Gasteiger partial charge in [-0.25, -0.2) is 8.42 Å². The number of nitrogens with one attached hydrogen (secondary N) is 1. The Labute approximate surface area is 266 Å². The van der Waals surface area contributed by atoms with Gasteiger partial charge in [0.05, 0.1) is 11.9 Å². The average Bonchev–Trinajstić information content (AvgIpc) is 3.01. The molecule has 2 amide bonds. The molecule has 236 valence electrons. The molecule has 1 atom stereocenters. The van der Waals surface area contributed by atoms with Crippen molar-refractivity contribution in [1.29, 1.82) is 0 Å². The van der Waals surface area contributed by atoms with Gasteiger partial charge >= 0.3 is 0 Å². The lowest BCUT2D eigenvalue weighted by atomic mass is 10.0. The molecule has 0 bridgehead atoms. The molecule has 0 aliphatic rings. The smallest absolute Gasteiger partial charge is 0.244 e. The largest absolute Gasteiger partial charge is 0.457 e. The van der Waals surface area contributed by atoms with Crippen molar-refractivity contribution < 1.29 is 22.7 Å². The Morgan fingerprint density at radius 2 is 1.40 bits per heavy atom. The number of carbonyl (C=O) groups is 2. The molecule has 4 aromatic carbocycles. The normalized spacial score (nSPS) is 11.9. The van der Waals surface area contributed by atoms with Gasteiger partial charge in [-0.15, -0.1) is 0 Å². The Morgan fingerprint density at radius 1 is 0.800 bits per heavy atom. The van der Waals surface area contributed by atoms with Gasteiger partial charge in [0.15, 0.2) is 0 Å². The summed E-state index contributed by atoms with van der Waals surface area (Å²) in [4.78, 5) is 29.5. The maximum atomic E-state index is 14.3. The SMILES string of the molecule is Cc1cccc(CN(C(=O)CN(c2ccc(Oc3ccccc3)cc2)S(C)(=O)=O)C(Cc2ccccc2)C(=O)NCC(C)C)c1. The summed E-state index contributed by atoms with van der Waals surface area (Å²) in [6.07, 6.45) is 1.34. The second-order valence-electron chi connectivity index (χ2n) is 11.5. The van der Waals surface area contributed by atoms with E-state index in [0.717, 1.165) is 27.3 Å². The average molecular weight is 628 g/mol. The molecule has 0 aliphatic heterocycles. The van der Waals surface area contributed by atoms with Crippen molar-refractivity contribution in [3.63, 3.8) is 0 Å². The number of hydrogen-bond acceptors (Lipinski definition) is 5. The molecule has 0 heterocycles. The maximum absolute atomic E-state index is 14.3. The number of rotatable bonds is 14. The summed E-state index contributed by atoms with van der Waals surface area (Å²) < 4.78 is 33.1. The minimum Gasteiger partial charge on any atom is -0.457 e. The van der Waals surface area contributed by atoms with E-state index in [1.165, 1.54) is 4.90 Å². The maximum Gasteiger partial charge on any atom is 0.244 e. The van der Waals surface area contributed by atoms with Crippen LogP contribution in [0.3, 0.4) is 0 Å². The van der Waals surface area contributed by atoms with Crippen LogP contribution >= 0.6 is 0 Å². The third-order valence-corrected chi connectivity index (χ3v) is 8.31. The minimum absolute atomic E-state index is 0.133. The highest BCUT2D eigenvalue weighted by Gasteiger charge is 2.33. The molecule has 0 saturated carbocycles. The van der Waals surface area contributed by atoms with Crippen molar-refractivity contribution >= 4 is 27.5 Å². The highest BCUT2D eigenvalue weighted by molar-refractivity contribution is 7.92. The molecule has 4 rings (SSSR count). The van der Waals surface area contributed by atoms with E-state index >= 15 is 0 Å². The van der Waals surface area contributed by atoms with E-state index in [0.29, 0.717) is 23.7 Å². The standard InChI is InChI=1S/C36H41N3O5S/c1-27(2)24-37-36(41)34(23-29-13-7-5-8-14-29)38(25-30-15-11-12-28(3)22-30)35(40)26-39(45(4,42)43)31-18-20-33(21-19-31)44-32-16-9-6-10-17-32/h5-22,27,34H,23-26H2,1-4H3,(H,37,41). The van der Waals surface area contributed by atoms with Gasteiger partial charge in [0.1, 0.15) is 24.1 Å². The first kappa shape index (κ1) is 33.3. The first-order valence-electron chi connectivity index (χ1n) is 15.0. The first-order valence-corrected chi connectivity index (χ1v) is 16.8. The predicted octanol–water partition coefficient (Wildman–Crippen LogP) is 5.97. The monoisotopic (exact) mass is 627 g/mol. The van der Waals surface area contributed by atoms with Gasteiger partial charge in [-0.3, -0.25) is 13.9 Å². The van der Waals surface area contributed by atoms with Crippen LogP contribution in [0.25, 0.3) is 0 Å². The second-order valence-corrected chi connectivity index (χ2v) is 13.4. The predicted molar refractivity (Wildman–Crippen MR) is 179 cm³/mol. The van der Waals surface area contributed by atoms with Crippen LogP contribution in [-0.4, -0.2) is 50.5 Å². The number of nitrogens with zero attached hydrogens (tertiary/aromatic N) is 2. The van der Waals surface area contributed by atoms with Crippen molar-refractivity contribution in [2.45, 2.75) is 39.8 Å². The van der Waals surface area contributed by atoms with Crippen LogP contribution < -0.4 is 14.4 Å². The molecule has 8 nitrogen and oxygen atoms in total. The Balaban J connectivity index is 1.67. The summed E-state index contributed by atoms with van der Waals surface area (Å²) in [5, 5.41) is 3.00. The van der Waals surface area contributed by atoms with E-state index in [-0.39, 0.29) is 24.8 Å². The molecule has 0 spiro atoms. The Bertz CT molecular complexity index is 1660. The summed E-state index contributed by atoms with van der Waals surface area (Å²) in [7, 11) is -3.88. The zero-order valence-corrected chi connectivity index (χ0v) is 27.0. The minimum atomic E-state index is -3.88. The number of ether oxygens (including phenoxy) is 1. The van der Waals surface area contributed by atoms with Gasteiger partial charge in [-0.1, -0.05) is 92.2 Å². The molecule has 4 aromatic rings. The Hall–Kier alpha value is -4.63. The molecule has 45 heavy (non-hydrogen) atoms. The van der Waals surface area contributed by atoms with Crippen LogP contribution in [0.1, 0.15) is 30.5 Å². The fourth-order valence-corrected chi connectivity index (χ4v) is 5.75. The Kier molecular flexibility index (Phi) is 11.4. The van der Waals surface area contributed by atoms with Crippen molar-refractivity contribution in [3.8, 4) is 11.5 Å². The highest BCUT2D eigenvalue weighted by Crippen LogP contribution is 2.26. The third kappa shape index (κ3) is 9.94. The number of anilines is 1. The molecule has 0 aliphatic carbocycles. The lowest BCUT2D eigenvalue weighted by Crippen LogP contribution is -2.53. The number of benzene rings is 4. The van der Waals surface area contributed by atoms with E-state index in [1.54, 1.807) is 24.3 Å². The lowest BCUT2D eigenvalue weighted by molar-refractivity contribution is -0.140. The number of hydrogen-bond donors (Lipinski definition) is 1. The second kappa shape index (κ2) is 15.4. The zero-order chi connectivity index (χ0) is 32.4. The molecule has 0 radical (unpaired) electrons. The Morgan fingerprint density at radius 3 is 2.00 bits per heavy atom. The summed E-state index contributed by atoms with van der Waals surface area (Å²) in [5.74, 6) is 0.596. The van der Waals surface area contributed by atoms with Crippen LogP contribution in [0.5, 0.6) is 11.5 Å². The molecule has 0 fully saturated rings. The van der Waals surface area contributed by atoms with Crippen LogP contribution in [0.2, 0.25) is 0 Å². The zero-order valence-electron chi connectivity index (χ0n) is 26.2. The van der Waals surface area contributed by atoms with Crippen LogP contribution in [0.15, 0.2) is 109 Å². The van der Waals surface area contributed by atoms with Crippen LogP contribution in [-0.2, 0) is 32.6 Å². The highest BCUT2D eigenvalue weighted by atomic mass is 32.2. The summed E-state index contributed by atoms with van der Waals surface area (Å²) in [6, 6.07) is 32.1. The molecule has 1 unspecified atom stereocenters. The van der Waals surface area contributed by atoms with Crippen molar-refractivity contribution in [2.24, 2.45) is 5.92 Å². The quantitative estimate of drug-likeness (QED) is 0.186. The topological polar surface area (TPSA) is 96.0 Å². The van der Waals surface area contributed by atoms with E-state index in [4.69, 9.17) is 4.74 Å².